The first-order chi connectivity index (χ1) is 8.45. The van der Waals surface area contributed by atoms with Gasteiger partial charge in [0.05, 0.1) is 5.02 Å². The van der Waals surface area contributed by atoms with Crippen LogP contribution in [0.25, 0.3) is 0 Å². The van der Waals surface area contributed by atoms with Gasteiger partial charge in [-0.3, -0.25) is 0 Å². The highest BCUT2D eigenvalue weighted by molar-refractivity contribution is 7.89. The lowest BCUT2D eigenvalue weighted by atomic mass is 10.1. The summed E-state index contributed by atoms with van der Waals surface area (Å²) < 4.78 is 26.2. The Bertz CT molecular complexity index is 544. The third kappa shape index (κ3) is 2.54. The molecule has 1 N–H and O–H groups in total. The van der Waals surface area contributed by atoms with Gasteiger partial charge in [0, 0.05) is 19.7 Å². The van der Waals surface area contributed by atoms with Gasteiger partial charge in [-0.05, 0) is 37.0 Å². The molecule has 1 atom stereocenters. The molecule has 18 heavy (non-hydrogen) atoms. The first-order valence-electron chi connectivity index (χ1n) is 5.82. The van der Waals surface area contributed by atoms with Gasteiger partial charge in [-0.2, -0.15) is 4.31 Å². The highest BCUT2D eigenvalue weighted by Crippen LogP contribution is 2.29. The summed E-state index contributed by atoms with van der Waals surface area (Å²) in [6.45, 7) is 2.69. The fourth-order valence-electron chi connectivity index (χ4n) is 2.12. The van der Waals surface area contributed by atoms with Crippen LogP contribution in [0.4, 0.5) is 0 Å². The number of aliphatic hydroxyl groups excluding tert-OH is 1. The summed E-state index contributed by atoms with van der Waals surface area (Å²) >= 11 is 6.01. The van der Waals surface area contributed by atoms with Crippen molar-refractivity contribution in [1.82, 2.24) is 4.31 Å². The van der Waals surface area contributed by atoms with Crippen LogP contribution in [0.3, 0.4) is 0 Å². The number of aryl methyl sites for hydroxylation is 1. The first-order valence-corrected chi connectivity index (χ1v) is 7.64. The molecule has 1 fully saturated rings. The second kappa shape index (κ2) is 5.17. The molecule has 0 aliphatic carbocycles. The van der Waals surface area contributed by atoms with Crippen LogP contribution in [0.5, 0.6) is 0 Å². The second-order valence-electron chi connectivity index (χ2n) is 4.63. The predicted molar refractivity (Wildman–Crippen MR) is 70.1 cm³/mol. The number of halogens is 1. The number of hydrogen-bond donors (Lipinski definition) is 1. The van der Waals surface area contributed by atoms with Crippen molar-refractivity contribution in [3.8, 4) is 0 Å². The molecule has 0 spiro atoms. The highest BCUT2D eigenvalue weighted by atomic mass is 35.5. The summed E-state index contributed by atoms with van der Waals surface area (Å²) in [5, 5.41) is 9.32. The van der Waals surface area contributed by atoms with Gasteiger partial charge in [0.2, 0.25) is 10.0 Å². The van der Waals surface area contributed by atoms with Crippen molar-refractivity contribution in [3.05, 3.63) is 28.8 Å². The van der Waals surface area contributed by atoms with E-state index in [0.29, 0.717) is 19.5 Å². The molecule has 6 heteroatoms. The Kier molecular flexibility index (Phi) is 3.96. The van der Waals surface area contributed by atoms with Crippen molar-refractivity contribution < 1.29 is 13.5 Å². The van der Waals surface area contributed by atoms with Crippen molar-refractivity contribution in [2.45, 2.75) is 18.2 Å². The third-order valence-corrected chi connectivity index (χ3v) is 5.56. The average molecular weight is 290 g/mol. The highest BCUT2D eigenvalue weighted by Gasteiger charge is 2.33. The Morgan fingerprint density at radius 1 is 1.50 bits per heavy atom. The summed E-state index contributed by atoms with van der Waals surface area (Å²) in [7, 11) is -3.54. The van der Waals surface area contributed by atoms with E-state index in [9.17, 15) is 8.42 Å². The van der Waals surface area contributed by atoms with Crippen LogP contribution >= 0.6 is 11.6 Å². The molecule has 0 bridgehead atoms. The fourth-order valence-corrected chi connectivity index (χ4v) is 4.22. The van der Waals surface area contributed by atoms with Crippen LogP contribution < -0.4 is 0 Å². The summed E-state index contributed by atoms with van der Waals surface area (Å²) in [5.74, 6) is 0.0315. The zero-order valence-electron chi connectivity index (χ0n) is 10.1. The maximum atomic E-state index is 12.4. The lowest BCUT2D eigenvalue weighted by Gasteiger charge is -2.17. The standard InChI is InChI=1S/C12H16ClNO3S/c1-9-2-3-12(11(13)6-9)18(16,17)14-5-4-10(7-14)8-15/h2-3,6,10,15H,4-5,7-8H2,1H3. The van der Waals surface area contributed by atoms with Crippen LogP contribution in [-0.4, -0.2) is 37.5 Å². The predicted octanol–water partition coefficient (Wildman–Crippen LogP) is 1.65. The molecule has 1 aliphatic heterocycles. The minimum Gasteiger partial charge on any atom is -0.396 e. The van der Waals surface area contributed by atoms with Crippen molar-refractivity contribution in [2.75, 3.05) is 19.7 Å². The Morgan fingerprint density at radius 3 is 2.78 bits per heavy atom. The van der Waals surface area contributed by atoms with Gasteiger partial charge in [-0.15, -0.1) is 0 Å². The van der Waals surface area contributed by atoms with Crippen LogP contribution in [0.2, 0.25) is 5.02 Å². The van der Waals surface area contributed by atoms with Gasteiger partial charge in [0.25, 0.3) is 0 Å². The minimum absolute atomic E-state index is 0.0215. The third-order valence-electron chi connectivity index (χ3n) is 3.21. The van der Waals surface area contributed by atoms with Gasteiger partial charge in [-0.1, -0.05) is 17.7 Å². The van der Waals surface area contributed by atoms with E-state index < -0.39 is 10.0 Å². The molecule has 4 nitrogen and oxygen atoms in total. The van der Waals surface area contributed by atoms with Crippen molar-refractivity contribution in [1.29, 1.82) is 0 Å². The minimum atomic E-state index is -3.54. The maximum absolute atomic E-state index is 12.4. The van der Waals surface area contributed by atoms with Gasteiger partial charge in [0.15, 0.2) is 0 Å². The smallest absolute Gasteiger partial charge is 0.244 e. The molecule has 0 amide bonds. The molecule has 1 aromatic rings. The Labute approximate surface area is 112 Å². The average Bonchev–Trinajstić information content (AvgIpc) is 2.77. The quantitative estimate of drug-likeness (QED) is 0.920. The van der Waals surface area contributed by atoms with Crippen LogP contribution in [-0.2, 0) is 10.0 Å². The van der Waals surface area contributed by atoms with E-state index >= 15 is 0 Å². The molecule has 0 saturated carbocycles. The van der Waals surface area contributed by atoms with Gasteiger partial charge in [0.1, 0.15) is 4.90 Å². The summed E-state index contributed by atoms with van der Waals surface area (Å²) in [6, 6.07) is 4.92. The van der Waals surface area contributed by atoms with Crippen LogP contribution in [0, 0.1) is 12.8 Å². The fraction of sp³-hybridized carbons (Fsp3) is 0.500. The SMILES string of the molecule is Cc1ccc(S(=O)(=O)N2CCC(CO)C2)c(Cl)c1. The summed E-state index contributed by atoms with van der Waals surface area (Å²) in [4.78, 5) is 0.147. The lowest BCUT2D eigenvalue weighted by Crippen LogP contribution is -2.29. The van der Waals surface area contributed by atoms with Crippen molar-refractivity contribution >= 4 is 21.6 Å². The number of hydrogen-bond acceptors (Lipinski definition) is 3. The Balaban J connectivity index is 2.31. The first kappa shape index (κ1) is 13.8. The zero-order valence-corrected chi connectivity index (χ0v) is 11.7. The van der Waals surface area contributed by atoms with Crippen molar-refractivity contribution in [3.63, 3.8) is 0 Å². The number of aliphatic hydroxyl groups is 1. The largest absolute Gasteiger partial charge is 0.396 e. The molecule has 1 heterocycles. The molecule has 100 valence electrons. The van der Waals surface area contributed by atoms with E-state index in [1.54, 1.807) is 18.2 Å². The van der Waals surface area contributed by atoms with E-state index in [0.717, 1.165) is 5.56 Å². The number of nitrogens with zero attached hydrogens (tertiary/aromatic N) is 1. The molecular weight excluding hydrogens is 274 g/mol. The van der Waals surface area contributed by atoms with Gasteiger partial charge >= 0.3 is 0 Å². The molecule has 1 saturated heterocycles. The molecular formula is C12H16ClNO3S. The normalized spacial score (nSPS) is 21.4. The molecule has 0 aromatic heterocycles. The van der Waals surface area contributed by atoms with E-state index in [4.69, 9.17) is 16.7 Å². The Hall–Kier alpha value is -0.620. The molecule has 0 radical (unpaired) electrons. The van der Waals surface area contributed by atoms with Gasteiger partial charge < -0.3 is 5.11 Å². The van der Waals surface area contributed by atoms with Gasteiger partial charge in [-0.25, -0.2) is 8.42 Å². The number of rotatable bonds is 3. The van der Waals surface area contributed by atoms with Crippen LogP contribution in [0.1, 0.15) is 12.0 Å². The summed E-state index contributed by atoms with van der Waals surface area (Å²) in [5.41, 5.74) is 0.925. The molecule has 1 aliphatic rings. The zero-order chi connectivity index (χ0) is 13.3. The summed E-state index contributed by atoms with van der Waals surface area (Å²) in [6.07, 6.45) is 0.694. The van der Waals surface area contributed by atoms with E-state index in [2.05, 4.69) is 0 Å². The second-order valence-corrected chi connectivity index (χ2v) is 6.95. The molecule has 2 rings (SSSR count). The number of sulfonamides is 1. The molecule has 1 unspecified atom stereocenters. The Morgan fingerprint density at radius 2 is 2.22 bits per heavy atom. The lowest BCUT2D eigenvalue weighted by molar-refractivity contribution is 0.233. The maximum Gasteiger partial charge on any atom is 0.244 e. The topological polar surface area (TPSA) is 57.6 Å². The van der Waals surface area contributed by atoms with E-state index in [1.807, 2.05) is 6.92 Å². The van der Waals surface area contributed by atoms with E-state index in [-0.39, 0.29) is 22.4 Å². The van der Waals surface area contributed by atoms with E-state index in [1.165, 1.54) is 4.31 Å². The van der Waals surface area contributed by atoms with Crippen molar-refractivity contribution in [2.24, 2.45) is 5.92 Å². The van der Waals surface area contributed by atoms with Crippen LogP contribution in [0.15, 0.2) is 23.1 Å². The monoisotopic (exact) mass is 289 g/mol. The molecule has 1 aromatic carbocycles. The number of benzene rings is 1.